The summed E-state index contributed by atoms with van der Waals surface area (Å²) >= 11 is 6.04. The van der Waals surface area contributed by atoms with Crippen molar-refractivity contribution in [3.63, 3.8) is 0 Å². The van der Waals surface area contributed by atoms with Crippen LogP contribution in [0.2, 0.25) is 5.02 Å². The van der Waals surface area contributed by atoms with Gasteiger partial charge in [0.05, 0.1) is 12.9 Å². The van der Waals surface area contributed by atoms with Crippen LogP contribution in [0.25, 0.3) is 0 Å². The van der Waals surface area contributed by atoms with E-state index in [0.717, 1.165) is 5.69 Å². The van der Waals surface area contributed by atoms with Gasteiger partial charge in [0, 0.05) is 43.4 Å². The van der Waals surface area contributed by atoms with Crippen LogP contribution in [-0.2, 0) is 14.8 Å². The van der Waals surface area contributed by atoms with Gasteiger partial charge in [-0.05, 0) is 30.3 Å². The molecule has 168 valence electrons. The van der Waals surface area contributed by atoms with Gasteiger partial charge in [-0.15, -0.1) is 0 Å². The molecule has 0 radical (unpaired) electrons. The summed E-state index contributed by atoms with van der Waals surface area (Å²) in [5.74, 6) is 0.414. The lowest BCUT2D eigenvalue weighted by Gasteiger charge is -2.35. The first kappa shape index (κ1) is 23.2. The highest BCUT2D eigenvalue weighted by Gasteiger charge is 2.27. The number of halogens is 1. The molecular formula is C21H26ClN3O5S. The lowest BCUT2D eigenvalue weighted by molar-refractivity contribution is -0.122. The van der Waals surface area contributed by atoms with Gasteiger partial charge in [-0.1, -0.05) is 29.8 Å². The highest BCUT2D eigenvalue weighted by Crippen LogP contribution is 2.25. The largest absolute Gasteiger partial charge is 0.493 e. The second kappa shape index (κ2) is 10.7. The average molecular weight is 468 g/mol. The maximum Gasteiger partial charge on any atom is 0.257 e. The average Bonchev–Trinajstić information content (AvgIpc) is 2.78. The molecule has 1 saturated heterocycles. The molecule has 10 heteroatoms. The molecule has 31 heavy (non-hydrogen) atoms. The summed E-state index contributed by atoms with van der Waals surface area (Å²) in [7, 11) is -1.95. The molecule has 0 bridgehead atoms. The minimum atomic E-state index is -3.47. The van der Waals surface area contributed by atoms with Crippen LogP contribution in [0.3, 0.4) is 0 Å². The van der Waals surface area contributed by atoms with Crippen LogP contribution in [0, 0.1) is 0 Å². The molecule has 1 amide bonds. The zero-order valence-corrected chi connectivity index (χ0v) is 18.9. The maximum absolute atomic E-state index is 12.6. The molecule has 1 aliphatic rings. The van der Waals surface area contributed by atoms with E-state index in [1.54, 1.807) is 30.3 Å². The van der Waals surface area contributed by atoms with Crippen LogP contribution in [0.1, 0.15) is 0 Å². The summed E-state index contributed by atoms with van der Waals surface area (Å²) in [6, 6.07) is 14.5. The Kier molecular flexibility index (Phi) is 8.00. The second-order valence-electron chi connectivity index (χ2n) is 6.97. The van der Waals surface area contributed by atoms with Crippen molar-refractivity contribution in [2.75, 3.05) is 57.1 Å². The van der Waals surface area contributed by atoms with Crippen molar-refractivity contribution in [1.29, 1.82) is 0 Å². The van der Waals surface area contributed by atoms with Gasteiger partial charge in [-0.3, -0.25) is 4.79 Å². The van der Waals surface area contributed by atoms with Gasteiger partial charge in [0.1, 0.15) is 0 Å². The van der Waals surface area contributed by atoms with Crippen molar-refractivity contribution in [3.8, 4) is 11.5 Å². The van der Waals surface area contributed by atoms with E-state index < -0.39 is 15.9 Å². The number of rotatable bonds is 9. The first-order valence-electron chi connectivity index (χ1n) is 9.90. The Morgan fingerprint density at radius 1 is 1.06 bits per heavy atom. The summed E-state index contributed by atoms with van der Waals surface area (Å²) < 4.78 is 37.3. The first-order valence-corrected chi connectivity index (χ1v) is 11.9. The number of carbonyl (C=O) groups is 1. The number of sulfonamides is 1. The van der Waals surface area contributed by atoms with Crippen LogP contribution in [0.4, 0.5) is 5.69 Å². The van der Waals surface area contributed by atoms with E-state index in [4.69, 9.17) is 21.1 Å². The van der Waals surface area contributed by atoms with Crippen LogP contribution in [0.5, 0.6) is 11.5 Å². The molecular weight excluding hydrogens is 442 g/mol. The van der Waals surface area contributed by atoms with Crippen molar-refractivity contribution in [1.82, 2.24) is 9.62 Å². The Hall–Kier alpha value is -2.49. The third-order valence-electron chi connectivity index (χ3n) is 4.92. The van der Waals surface area contributed by atoms with Crippen molar-refractivity contribution in [2.24, 2.45) is 0 Å². The fourth-order valence-electron chi connectivity index (χ4n) is 3.28. The minimum absolute atomic E-state index is 0.0188. The Morgan fingerprint density at radius 3 is 2.45 bits per heavy atom. The monoisotopic (exact) mass is 467 g/mol. The molecule has 1 aliphatic heterocycles. The van der Waals surface area contributed by atoms with E-state index in [9.17, 15) is 13.2 Å². The molecule has 8 nitrogen and oxygen atoms in total. The number of piperazine rings is 1. The topological polar surface area (TPSA) is 88.2 Å². The van der Waals surface area contributed by atoms with Crippen LogP contribution in [0.15, 0.2) is 48.5 Å². The van der Waals surface area contributed by atoms with Gasteiger partial charge < -0.3 is 19.7 Å². The molecule has 2 aromatic carbocycles. The molecule has 3 rings (SSSR count). The summed E-state index contributed by atoms with van der Waals surface area (Å²) in [6.07, 6.45) is 0. The van der Waals surface area contributed by atoms with Crippen molar-refractivity contribution >= 4 is 33.2 Å². The lowest BCUT2D eigenvalue weighted by Crippen LogP contribution is -2.50. The fourth-order valence-corrected chi connectivity index (χ4v) is 4.80. The number of carbonyl (C=O) groups excluding carboxylic acids is 1. The molecule has 1 N–H and O–H groups in total. The minimum Gasteiger partial charge on any atom is -0.493 e. The highest BCUT2D eigenvalue weighted by molar-refractivity contribution is 7.89. The third-order valence-corrected chi connectivity index (χ3v) is 7.02. The molecule has 1 heterocycles. The number of para-hydroxylation sites is 2. The van der Waals surface area contributed by atoms with Gasteiger partial charge in [0.15, 0.2) is 18.1 Å². The van der Waals surface area contributed by atoms with E-state index in [1.165, 1.54) is 11.4 Å². The fraction of sp³-hybridized carbons (Fsp3) is 0.381. The predicted molar refractivity (Wildman–Crippen MR) is 121 cm³/mol. The summed E-state index contributed by atoms with van der Waals surface area (Å²) in [4.78, 5) is 14.1. The second-order valence-corrected chi connectivity index (χ2v) is 9.50. The van der Waals surface area contributed by atoms with Gasteiger partial charge in [0.25, 0.3) is 5.91 Å². The quantitative estimate of drug-likeness (QED) is 0.606. The molecule has 1 fully saturated rings. The van der Waals surface area contributed by atoms with Crippen molar-refractivity contribution < 1.29 is 22.7 Å². The molecule has 2 aromatic rings. The van der Waals surface area contributed by atoms with Crippen LogP contribution >= 0.6 is 11.6 Å². The van der Waals surface area contributed by atoms with Gasteiger partial charge in [-0.2, -0.15) is 4.31 Å². The van der Waals surface area contributed by atoms with E-state index in [1.807, 2.05) is 18.2 Å². The Balaban J connectivity index is 1.41. The normalized spacial score (nSPS) is 14.8. The Labute approximate surface area is 187 Å². The number of hydrogen-bond acceptors (Lipinski definition) is 6. The van der Waals surface area contributed by atoms with Crippen LogP contribution < -0.4 is 19.7 Å². The van der Waals surface area contributed by atoms with E-state index >= 15 is 0 Å². The zero-order chi connectivity index (χ0) is 22.3. The zero-order valence-electron chi connectivity index (χ0n) is 17.3. The molecule has 0 aromatic heterocycles. The first-order chi connectivity index (χ1) is 14.9. The Morgan fingerprint density at radius 2 is 1.77 bits per heavy atom. The highest BCUT2D eigenvalue weighted by atomic mass is 35.5. The van der Waals surface area contributed by atoms with Crippen LogP contribution in [-0.4, -0.2) is 70.8 Å². The number of nitrogens with zero attached hydrogens (tertiary/aromatic N) is 2. The summed E-state index contributed by atoms with van der Waals surface area (Å²) in [6.45, 7) is 1.74. The molecule has 0 atom stereocenters. The Bertz CT molecular complexity index is 994. The van der Waals surface area contributed by atoms with Crippen molar-refractivity contribution in [3.05, 3.63) is 53.6 Å². The predicted octanol–water partition coefficient (Wildman–Crippen LogP) is 2.00. The molecule has 0 saturated carbocycles. The smallest absolute Gasteiger partial charge is 0.257 e. The standard InChI is InChI=1S/C21H26ClN3O5S/c1-29-19-7-2-3-8-20(19)30-16-21(26)23-9-14-31(27,28)25-12-10-24(11-13-25)18-6-4-5-17(22)15-18/h2-8,15H,9-14,16H2,1H3,(H,23,26). The maximum atomic E-state index is 12.6. The molecule has 0 unspecified atom stereocenters. The van der Waals surface area contributed by atoms with Gasteiger partial charge in [0.2, 0.25) is 10.0 Å². The van der Waals surface area contributed by atoms with Crippen molar-refractivity contribution in [2.45, 2.75) is 0 Å². The molecule has 0 spiro atoms. The number of hydrogen-bond donors (Lipinski definition) is 1. The summed E-state index contributed by atoms with van der Waals surface area (Å²) in [5, 5.41) is 3.24. The number of amides is 1. The van der Waals surface area contributed by atoms with Gasteiger partial charge in [-0.25, -0.2) is 8.42 Å². The third kappa shape index (κ3) is 6.49. The van der Waals surface area contributed by atoms with E-state index in [0.29, 0.717) is 42.7 Å². The van der Waals surface area contributed by atoms with E-state index in [-0.39, 0.29) is 18.9 Å². The number of methoxy groups -OCH3 is 1. The SMILES string of the molecule is COc1ccccc1OCC(=O)NCCS(=O)(=O)N1CCN(c2cccc(Cl)c2)CC1. The number of anilines is 1. The molecule has 0 aliphatic carbocycles. The number of benzene rings is 2. The number of nitrogens with one attached hydrogen (secondary N) is 1. The van der Waals surface area contributed by atoms with E-state index in [2.05, 4.69) is 10.2 Å². The summed E-state index contributed by atoms with van der Waals surface area (Å²) in [5.41, 5.74) is 0.979. The number of ether oxygens (including phenoxy) is 2. The lowest BCUT2D eigenvalue weighted by atomic mass is 10.2. The van der Waals surface area contributed by atoms with Gasteiger partial charge >= 0.3 is 0 Å².